The monoisotopic (exact) mass is 590 g/mol. The average molecular weight is 591 g/mol. The molecule has 1 N–H and O–H groups in total. The molecular formula is C33H69NO5P+. The second kappa shape index (κ2) is 24.5. The minimum Gasteiger partial charge on any atom is -0.378 e. The predicted molar refractivity (Wildman–Crippen MR) is 170 cm³/mol. The van der Waals surface area contributed by atoms with Gasteiger partial charge in [0, 0.05) is 12.5 Å². The fourth-order valence-corrected chi connectivity index (χ4v) is 6.43. The molecule has 0 bridgehead atoms. The Morgan fingerprint density at radius 3 is 1.55 bits per heavy atom. The normalized spacial score (nSPS) is 19.3. The summed E-state index contributed by atoms with van der Waals surface area (Å²) in [5.74, 6) is 0.188. The van der Waals surface area contributed by atoms with Gasteiger partial charge in [0.05, 0.1) is 33.9 Å². The maximum Gasteiger partial charge on any atom is 0.472 e. The van der Waals surface area contributed by atoms with Gasteiger partial charge in [0.25, 0.3) is 0 Å². The van der Waals surface area contributed by atoms with E-state index in [1.165, 1.54) is 122 Å². The van der Waals surface area contributed by atoms with Crippen LogP contribution >= 0.6 is 7.82 Å². The fraction of sp³-hybridized carbons (Fsp3) is 1.00. The Balaban J connectivity index is 1.87. The lowest BCUT2D eigenvalue weighted by atomic mass is 10.0. The molecular weight excluding hydrogens is 521 g/mol. The van der Waals surface area contributed by atoms with Crippen molar-refractivity contribution in [1.29, 1.82) is 0 Å². The van der Waals surface area contributed by atoms with Crippen molar-refractivity contribution in [2.24, 2.45) is 5.92 Å². The van der Waals surface area contributed by atoms with E-state index < -0.39 is 7.82 Å². The van der Waals surface area contributed by atoms with Gasteiger partial charge in [-0.3, -0.25) is 9.05 Å². The molecule has 0 spiro atoms. The second-order valence-corrected chi connectivity index (χ2v) is 14.9. The first kappa shape index (κ1) is 38.1. The lowest BCUT2D eigenvalue weighted by molar-refractivity contribution is -0.870. The van der Waals surface area contributed by atoms with Crippen molar-refractivity contribution in [1.82, 2.24) is 0 Å². The van der Waals surface area contributed by atoms with Gasteiger partial charge in [-0.15, -0.1) is 0 Å². The second-order valence-electron chi connectivity index (χ2n) is 13.4. The average Bonchev–Trinajstić information content (AvgIpc) is 3.35. The summed E-state index contributed by atoms with van der Waals surface area (Å²) in [5.41, 5.74) is 0. The highest BCUT2D eigenvalue weighted by atomic mass is 31.2. The van der Waals surface area contributed by atoms with Crippen LogP contribution < -0.4 is 0 Å². The first-order valence-electron chi connectivity index (χ1n) is 17.3. The molecule has 0 amide bonds. The van der Waals surface area contributed by atoms with Crippen LogP contribution in [0, 0.1) is 5.92 Å². The molecule has 1 unspecified atom stereocenters. The van der Waals surface area contributed by atoms with Gasteiger partial charge in [0.1, 0.15) is 13.2 Å². The fourth-order valence-electron chi connectivity index (χ4n) is 5.66. The van der Waals surface area contributed by atoms with Crippen LogP contribution in [0.2, 0.25) is 0 Å². The van der Waals surface area contributed by atoms with Gasteiger partial charge < -0.3 is 14.1 Å². The number of phosphoric acid groups is 1. The number of hydrogen-bond acceptors (Lipinski definition) is 4. The van der Waals surface area contributed by atoms with Crippen LogP contribution in [0.3, 0.4) is 0 Å². The zero-order valence-electron chi connectivity index (χ0n) is 27.2. The first-order valence-corrected chi connectivity index (χ1v) is 18.8. The van der Waals surface area contributed by atoms with Crippen LogP contribution in [0.15, 0.2) is 0 Å². The topological polar surface area (TPSA) is 65.0 Å². The van der Waals surface area contributed by atoms with Crippen LogP contribution in [0.1, 0.15) is 155 Å². The van der Waals surface area contributed by atoms with Gasteiger partial charge >= 0.3 is 7.82 Å². The molecule has 3 atom stereocenters. The van der Waals surface area contributed by atoms with Gasteiger partial charge in [-0.1, -0.05) is 135 Å². The Hall–Kier alpha value is 0.0300. The van der Waals surface area contributed by atoms with E-state index in [0.717, 1.165) is 32.3 Å². The van der Waals surface area contributed by atoms with Crippen molar-refractivity contribution in [3.05, 3.63) is 0 Å². The Kier molecular flexibility index (Phi) is 23.3. The van der Waals surface area contributed by atoms with E-state index >= 15 is 0 Å². The largest absolute Gasteiger partial charge is 0.472 e. The zero-order chi connectivity index (χ0) is 29.4. The molecule has 0 heterocycles. The third-order valence-electron chi connectivity index (χ3n) is 8.39. The minimum absolute atomic E-state index is 0.145. The molecule has 1 fully saturated rings. The van der Waals surface area contributed by atoms with E-state index in [0.29, 0.717) is 11.0 Å². The molecule has 1 rings (SSSR count). The molecule has 6 nitrogen and oxygen atoms in total. The van der Waals surface area contributed by atoms with Gasteiger partial charge in [-0.2, -0.15) is 0 Å². The van der Waals surface area contributed by atoms with Gasteiger partial charge in [-0.05, 0) is 19.3 Å². The van der Waals surface area contributed by atoms with Gasteiger partial charge in [0.2, 0.25) is 0 Å². The number of unbranched alkanes of at least 4 members (excludes halogenated alkanes) is 19. The van der Waals surface area contributed by atoms with Crippen LogP contribution in [-0.4, -0.2) is 63.0 Å². The third-order valence-corrected chi connectivity index (χ3v) is 9.37. The number of phosphoric ester groups is 1. The molecule has 0 aromatic heterocycles. The molecule has 1 aliphatic rings. The van der Waals surface area contributed by atoms with E-state index in [1.54, 1.807) is 0 Å². The molecule has 240 valence electrons. The summed E-state index contributed by atoms with van der Waals surface area (Å²) >= 11 is 0. The van der Waals surface area contributed by atoms with Crippen molar-refractivity contribution in [2.45, 2.75) is 161 Å². The summed E-state index contributed by atoms with van der Waals surface area (Å²) in [5, 5.41) is 0. The predicted octanol–water partition coefficient (Wildman–Crippen LogP) is 9.83. The first-order chi connectivity index (χ1) is 19.2. The third kappa shape index (κ3) is 23.6. The minimum atomic E-state index is -3.99. The quantitative estimate of drug-likeness (QED) is 0.0533. The van der Waals surface area contributed by atoms with Gasteiger partial charge in [0.15, 0.2) is 0 Å². The molecule has 0 radical (unpaired) electrons. The smallest absolute Gasteiger partial charge is 0.378 e. The summed E-state index contributed by atoms with van der Waals surface area (Å²) in [4.78, 5) is 9.98. The number of ether oxygens (including phenoxy) is 1. The number of nitrogens with zero attached hydrogens (tertiary/aromatic N) is 1. The molecule has 0 aromatic carbocycles. The standard InChI is InChI=1S/C33H68NO5P/c1-5-6-7-8-9-10-11-12-13-14-15-16-17-18-19-20-21-22-23-24-29-37-33-27-25-26-32(33)31-39-40(35,36)38-30-28-34(2,3)4/h32-33H,5-31H2,1-4H3/p+1/t32-,33+/m0/s1. The Bertz CT molecular complexity index is 612. The Morgan fingerprint density at radius 1 is 0.650 bits per heavy atom. The number of rotatable bonds is 29. The molecule has 0 saturated heterocycles. The lowest BCUT2D eigenvalue weighted by Gasteiger charge is -2.24. The number of quaternary nitrogens is 1. The summed E-state index contributed by atoms with van der Waals surface area (Å²) in [6.45, 7) is 4.18. The maximum atomic E-state index is 12.2. The summed E-state index contributed by atoms with van der Waals surface area (Å²) < 4.78 is 29.5. The van der Waals surface area contributed by atoms with Crippen LogP contribution in [0.25, 0.3) is 0 Å². The van der Waals surface area contributed by atoms with Crippen LogP contribution in [0.4, 0.5) is 0 Å². The molecule has 1 aliphatic carbocycles. The molecule has 0 aliphatic heterocycles. The van der Waals surface area contributed by atoms with E-state index in [9.17, 15) is 9.46 Å². The molecule has 0 aromatic rings. The van der Waals surface area contributed by atoms with Crippen LogP contribution in [0.5, 0.6) is 0 Å². The van der Waals surface area contributed by atoms with Crippen molar-refractivity contribution < 1.29 is 27.7 Å². The highest BCUT2D eigenvalue weighted by Gasteiger charge is 2.31. The van der Waals surface area contributed by atoms with Gasteiger partial charge in [-0.25, -0.2) is 4.57 Å². The van der Waals surface area contributed by atoms with E-state index in [2.05, 4.69) is 6.92 Å². The number of likely N-dealkylation sites (N-methyl/N-ethyl adjacent to an activating group) is 1. The van der Waals surface area contributed by atoms with E-state index in [-0.39, 0.29) is 25.2 Å². The Labute approximate surface area is 249 Å². The SMILES string of the molecule is CCCCCCCCCCCCCCCCCCCCCCO[C@@H]1CCC[C@H]1COP(=O)(O)OCC[N+](C)(C)C. The molecule has 7 heteroatoms. The van der Waals surface area contributed by atoms with E-state index in [1.807, 2.05) is 21.1 Å². The van der Waals surface area contributed by atoms with Crippen LogP contribution in [-0.2, 0) is 18.3 Å². The van der Waals surface area contributed by atoms with Crippen molar-refractivity contribution >= 4 is 7.82 Å². The van der Waals surface area contributed by atoms with Crippen molar-refractivity contribution in [3.63, 3.8) is 0 Å². The molecule has 40 heavy (non-hydrogen) atoms. The Morgan fingerprint density at radius 2 is 1.10 bits per heavy atom. The van der Waals surface area contributed by atoms with E-state index in [4.69, 9.17) is 13.8 Å². The number of hydrogen-bond donors (Lipinski definition) is 1. The summed E-state index contributed by atoms with van der Waals surface area (Å²) in [6.07, 6.45) is 31.1. The highest BCUT2D eigenvalue weighted by Crippen LogP contribution is 2.44. The summed E-state index contributed by atoms with van der Waals surface area (Å²) in [6, 6.07) is 0. The maximum absolute atomic E-state index is 12.2. The molecule has 1 saturated carbocycles. The van der Waals surface area contributed by atoms with Crippen molar-refractivity contribution in [2.75, 3.05) is 47.5 Å². The summed E-state index contributed by atoms with van der Waals surface area (Å²) in [7, 11) is 2.07. The lowest BCUT2D eigenvalue weighted by Crippen LogP contribution is -2.37. The van der Waals surface area contributed by atoms with Crippen molar-refractivity contribution in [3.8, 4) is 0 Å². The zero-order valence-corrected chi connectivity index (χ0v) is 28.1. The highest BCUT2D eigenvalue weighted by molar-refractivity contribution is 7.47.